The summed E-state index contributed by atoms with van der Waals surface area (Å²) < 4.78 is 28.0. The summed E-state index contributed by atoms with van der Waals surface area (Å²) in [6.45, 7) is 1.86. The maximum absolute atomic E-state index is 14.0. The van der Waals surface area contributed by atoms with Crippen LogP contribution in [0.4, 0.5) is 8.78 Å². The number of hydrogen-bond donors (Lipinski definition) is 1. The van der Waals surface area contributed by atoms with Crippen molar-refractivity contribution in [1.82, 2.24) is 10.2 Å². The van der Waals surface area contributed by atoms with Gasteiger partial charge in [-0.1, -0.05) is 30.3 Å². The number of benzene rings is 1. The number of hydrogen-bond acceptors (Lipinski definition) is 3. The van der Waals surface area contributed by atoms with Crippen LogP contribution in [0.3, 0.4) is 0 Å². The molecule has 2 aliphatic heterocycles. The van der Waals surface area contributed by atoms with Crippen LogP contribution in [0.2, 0.25) is 0 Å². The van der Waals surface area contributed by atoms with Crippen LogP contribution in [0, 0.1) is 11.3 Å². The van der Waals surface area contributed by atoms with Gasteiger partial charge in [0.15, 0.2) is 0 Å². The highest BCUT2D eigenvalue weighted by molar-refractivity contribution is 5.19. The second kappa shape index (κ2) is 6.54. The van der Waals surface area contributed by atoms with Gasteiger partial charge in [0, 0.05) is 25.4 Å². The van der Waals surface area contributed by atoms with Gasteiger partial charge in [-0.25, -0.2) is 8.78 Å². The lowest BCUT2D eigenvalue weighted by Gasteiger charge is -2.49. The van der Waals surface area contributed by atoms with Gasteiger partial charge in [0.25, 0.3) is 5.92 Å². The molecule has 0 saturated carbocycles. The van der Waals surface area contributed by atoms with Crippen molar-refractivity contribution in [2.75, 3.05) is 19.6 Å². The van der Waals surface area contributed by atoms with Gasteiger partial charge in [-0.05, 0) is 37.9 Å². The summed E-state index contributed by atoms with van der Waals surface area (Å²) in [6, 6.07) is 12.0. The summed E-state index contributed by atoms with van der Waals surface area (Å²) in [5.74, 6) is -2.63. The number of halogens is 2. The highest BCUT2D eigenvalue weighted by Crippen LogP contribution is 2.39. The number of nitrogens with one attached hydrogen (secondary N) is 1. The monoisotopic (exact) mass is 319 g/mol. The lowest BCUT2D eigenvalue weighted by Crippen LogP contribution is -2.61. The Morgan fingerprint density at radius 3 is 2.52 bits per heavy atom. The predicted octanol–water partition coefficient (Wildman–Crippen LogP) is 2.97. The first kappa shape index (κ1) is 16.4. The van der Waals surface area contributed by atoms with Crippen molar-refractivity contribution in [2.45, 2.75) is 49.6 Å². The molecule has 0 spiro atoms. The van der Waals surface area contributed by atoms with E-state index in [1.165, 1.54) is 0 Å². The van der Waals surface area contributed by atoms with Crippen LogP contribution >= 0.6 is 0 Å². The molecule has 0 radical (unpaired) electrons. The average molecular weight is 319 g/mol. The van der Waals surface area contributed by atoms with E-state index < -0.39 is 11.5 Å². The topological polar surface area (TPSA) is 39.1 Å². The molecule has 1 N–H and O–H groups in total. The quantitative estimate of drug-likeness (QED) is 0.931. The van der Waals surface area contributed by atoms with Gasteiger partial charge < -0.3 is 5.32 Å². The molecule has 3 rings (SSSR count). The first-order valence-corrected chi connectivity index (χ1v) is 8.35. The Bertz CT molecular complexity index is 561. The Kier molecular flexibility index (Phi) is 4.65. The number of alkyl halides is 2. The molecule has 0 aliphatic carbocycles. The zero-order chi connectivity index (χ0) is 16.3. The van der Waals surface area contributed by atoms with Gasteiger partial charge in [-0.3, -0.25) is 4.90 Å². The maximum Gasteiger partial charge on any atom is 0.250 e. The largest absolute Gasteiger partial charge is 0.317 e. The summed E-state index contributed by atoms with van der Waals surface area (Å²) in [5.41, 5.74) is 0.462. The Labute approximate surface area is 136 Å². The molecular weight excluding hydrogens is 296 g/mol. The molecule has 1 atom stereocenters. The minimum Gasteiger partial charge on any atom is -0.317 e. The van der Waals surface area contributed by atoms with Gasteiger partial charge in [0.1, 0.15) is 5.54 Å². The normalized spacial score (nSPS) is 27.3. The van der Waals surface area contributed by atoms with Crippen molar-refractivity contribution < 1.29 is 8.78 Å². The van der Waals surface area contributed by atoms with E-state index >= 15 is 0 Å². The van der Waals surface area contributed by atoms with E-state index in [1.54, 1.807) is 0 Å². The first-order chi connectivity index (χ1) is 11.0. The fraction of sp³-hybridized carbons (Fsp3) is 0.611. The minimum atomic E-state index is -2.63. The fourth-order valence-electron chi connectivity index (χ4n) is 3.96. The molecule has 2 saturated heterocycles. The van der Waals surface area contributed by atoms with Gasteiger partial charge in [0.2, 0.25) is 0 Å². The smallest absolute Gasteiger partial charge is 0.250 e. The van der Waals surface area contributed by atoms with Gasteiger partial charge in [-0.2, -0.15) is 5.26 Å². The van der Waals surface area contributed by atoms with Crippen molar-refractivity contribution in [3.63, 3.8) is 0 Å². The van der Waals surface area contributed by atoms with E-state index in [-0.39, 0.29) is 18.9 Å². The molecule has 0 bridgehead atoms. The number of likely N-dealkylation sites (tertiary alicyclic amines) is 1. The molecule has 124 valence electrons. The van der Waals surface area contributed by atoms with Crippen LogP contribution in [0.1, 0.15) is 31.2 Å². The third-order valence-corrected chi connectivity index (χ3v) is 5.20. The van der Waals surface area contributed by atoms with Crippen molar-refractivity contribution in [1.29, 1.82) is 5.26 Å². The molecule has 2 heterocycles. The van der Waals surface area contributed by atoms with Gasteiger partial charge in [-0.15, -0.1) is 0 Å². The Morgan fingerprint density at radius 2 is 1.87 bits per heavy atom. The van der Waals surface area contributed by atoms with Crippen molar-refractivity contribution in [2.24, 2.45) is 0 Å². The van der Waals surface area contributed by atoms with E-state index in [9.17, 15) is 14.0 Å². The van der Waals surface area contributed by atoms with Crippen LogP contribution in [0.15, 0.2) is 30.3 Å². The van der Waals surface area contributed by atoms with Crippen molar-refractivity contribution in [3.8, 4) is 6.07 Å². The van der Waals surface area contributed by atoms with Crippen LogP contribution in [0.5, 0.6) is 0 Å². The Hall–Kier alpha value is -1.51. The first-order valence-electron chi connectivity index (χ1n) is 8.35. The third-order valence-electron chi connectivity index (χ3n) is 5.20. The predicted molar refractivity (Wildman–Crippen MR) is 85.3 cm³/mol. The van der Waals surface area contributed by atoms with E-state index in [4.69, 9.17) is 0 Å². The SMILES string of the molecule is N#CC1(N2CCC(F)(F)C[C@H]2Cc2ccccc2)CCNCC1. The molecule has 23 heavy (non-hydrogen) atoms. The molecule has 2 aliphatic rings. The summed E-state index contributed by atoms with van der Waals surface area (Å²) in [6.07, 6.45) is 1.70. The average Bonchev–Trinajstić information content (AvgIpc) is 2.56. The number of nitriles is 1. The molecule has 1 aromatic rings. The lowest BCUT2D eigenvalue weighted by molar-refractivity contribution is -0.101. The lowest BCUT2D eigenvalue weighted by atomic mass is 9.82. The van der Waals surface area contributed by atoms with E-state index in [1.807, 2.05) is 30.3 Å². The molecule has 2 fully saturated rings. The van der Waals surface area contributed by atoms with E-state index in [0.29, 0.717) is 25.8 Å². The van der Waals surface area contributed by atoms with Crippen LogP contribution < -0.4 is 5.32 Å². The molecule has 0 amide bonds. The molecule has 0 unspecified atom stereocenters. The Balaban J connectivity index is 1.85. The summed E-state index contributed by atoms with van der Waals surface area (Å²) >= 11 is 0. The minimum absolute atomic E-state index is 0.144. The van der Waals surface area contributed by atoms with Crippen LogP contribution in [0.25, 0.3) is 0 Å². The molecule has 0 aromatic heterocycles. The van der Waals surface area contributed by atoms with Crippen LogP contribution in [-0.2, 0) is 6.42 Å². The second-order valence-corrected chi connectivity index (χ2v) is 6.74. The Morgan fingerprint density at radius 1 is 1.17 bits per heavy atom. The van der Waals surface area contributed by atoms with Gasteiger partial charge in [0.05, 0.1) is 6.07 Å². The number of piperidine rings is 2. The molecule has 5 heteroatoms. The second-order valence-electron chi connectivity index (χ2n) is 6.74. The fourth-order valence-corrected chi connectivity index (χ4v) is 3.96. The number of rotatable bonds is 3. The summed E-state index contributed by atoms with van der Waals surface area (Å²) in [5, 5.41) is 13.1. The molecular formula is C18H23F2N3. The standard InChI is InChI=1S/C18H23F2N3/c19-18(20)8-11-23(17(14-21)6-9-22-10-7-17)16(13-18)12-15-4-2-1-3-5-15/h1-5,16,22H,6-13H2/t16-/m1/s1. The summed E-state index contributed by atoms with van der Waals surface area (Å²) in [4.78, 5) is 2.08. The van der Waals surface area contributed by atoms with Crippen molar-refractivity contribution >= 4 is 0 Å². The number of nitrogens with zero attached hydrogens (tertiary/aromatic N) is 2. The zero-order valence-electron chi connectivity index (χ0n) is 13.3. The third kappa shape index (κ3) is 3.54. The maximum atomic E-state index is 14.0. The molecule has 3 nitrogen and oxygen atoms in total. The highest BCUT2D eigenvalue weighted by atomic mass is 19.3. The van der Waals surface area contributed by atoms with Crippen molar-refractivity contribution in [3.05, 3.63) is 35.9 Å². The van der Waals surface area contributed by atoms with E-state index in [2.05, 4.69) is 16.3 Å². The van der Waals surface area contributed by atoms with Gasteiger partial charge >= 0.3 is 0 Å². The highest BCUT2D eigenvalue weighted by Gasteiger charge is 2.48. The van der Waals surface area contributed by atoms with E-state index in [0.717, 1.165) is 18.7 Å². The molecule has 1 aromatic carbocycles. The van der Waals surface area contributed by atoms with Crippen LogP contribution in [-0.4, -0.2) is 42.0 Å². The summed E-state index contributed by atoms with van der Waals surface area (Å²) in [7, 11) is 0. The zero-order valence-corrected chi connectivity index (χ0v) is 13.3.